The van der Waals surface area contributed by atoms with Crippen LogP contribution in [0.3, 0.4) is 0 Å². The fraction of sp³-hybridized carbons (Fsp3) is 0.467. The molecule has 108 valence electrons. The summed E-state index contributed by atoms with van der Waals surface area (Å²) < 4.78 is 9.84. The molecular weight excluding hydrogens is 258 g/mol. The van der Waals surface area contributed by atoms with Crippen LogP contribution in [-0.2, 0) is 25.5 Å². The van der Waals surface area contributed by atoms with Crippen LogP contribution in [0.5, 0.6) is 0 Å². The van der Waals surface area contributed by atoms with Crippen molar-refractivity contribution in [2.75, 3.05) is 19.8 Å². The number of epoxide rings is 1. The molecule has 0 radical (unpaired) electrons. The van der Waals surface area contributed by atoms with Gasteiger partial charge in [0.05, 0.1) is 13.2 Å². The van der Waals surface area contributed by atoms with E-state index in [0.29, 0.717) is 6.54 Å². The largest absolute Gasteiger partial charge is 0.463 e. The number of rotatable bonds is 7. The summed E-state index contributed by atoms with van der Waals surface area (Å²) in [6.45, 7) is 2.56. The minimum Gasteiger partial charge on any atom is -0.463 e. The number of carbonyl (C=O) groups is 2. The SMILES string of the molecule is CCOC(=O)C1(C(=O)NCCCc2ccccc2)CO1. The quantitative estimate of drug-likeness (QED) is 0.350. The van der Waals surface area contributed by atoms with Gasteiger partial charge in [0.15, 0.2) is 0 Å². The minimum absolute atomic E-state index is 0.107. The summed E-state index contributed by atoms with van der Waals surface area (Å²) in [6.07, 6.45) is 1.70. The molecule has 5 heteroatoms. The van der Waals surface area contributed by atoms with Crippen LogP contribution >= 0.6 is 0 Å². The fourth-order valence-electron chi connectivity index (χ4n) is 1.94. The van der Waals surface area contributed by atoms with Crippen molar-refractivity contribution in [1.82, 2.24) is 5.32 Å². The maximum absolute atomic E-state index is 11.9. The lowest BCUT2D eigenvalue weighted by molar-refractivity contribution is -0.153. The molecule has 0 aliphatic carbocycles. The highest BCUT2D eigenvalue weighted by Gasteiger charge is 2.60. The topological polar surface area (TPSA) is 67.9 Å². The lowest BCUT2D eigenvalue weighted by Crippen LogP contribution is -2.44. The highest BCUT2D eigenvalue weighted by Crippen LogP contribution is 2.28. The number of amides is 1. The van der Waals surface area contributed by atoms with Gasteiger partial charge in [0, 0.05) is 6.54 Å². The van der Waals surface area contributed by atoms with Gasteiger partial charge in [-0.15, -0.1) is 0 Å². The molecule has 0 bridgehead atoms. The maximum atomic E-state index is 11.9. The van der Waals surface area contributed by atoms with E-state index in [0.717, 1.165) is 12.8 Å². The number of esters is 1. The second-order valence-corrected chi connectivity index (χ2v) is 4.68. The Kier molecular flexibility index (Phi) is 4.74. The van der Waals surface area contributed by atoms with Gasteiger partial charge in [0.2, 0.25) is 0 Å². The highest BCUT2D eigenvalue weighted by atomic mass is 16.6. The van der Waals surface area contributed by atoms with Gasteiger partial charge < -0.3 is 14.8 Å². The molecule has 2 rings (SSSR count). The smallest absolute Gasteiger partial charge is 0.350 e. The molecule has 1 N–H and O–H groups in total. The van der Waals surface area contributed by atoms with Gasteiger partial charge >= 0.3 is 5.97 Å². The molecule has 1 aliphatic rings. The van der Waals surface area contributed by atoms with E-state index in [1.165, 1.54) is 5.56 Å². The number of ether oxygens (including phenoxy) is 2. The molecule has 1 amide bonds. The Morgan fingerprint density at radius 2 is 2.05 bits per heavy atom. The highest BCUT2D eigenvalue weighted by molar-refractivity contribution is 6.08. The van der Waals surface area contributed by atoms with Crippen molar-refractivity contribution in [2.24, 2.45) is 0 Å². The minimum atomic E-state index is -1.39. The van der Waals surface area contributed by atoms with Gasteiger partial charge in [-0.2, -0.15) is 0 Å². The molecule has 1 fully saturated rings. The van der Waals surface area contributed by atoms with Crippen molar-refractivity contribution in [3.8, 4) is 0 Å². The van der Waals surface area contributed by atoms with Crippen molar-refractivity contribution in [3.63, 3.8) is 0 Å². The van der Waals surface area contributed by atoms with Crippen LogP contribution in [-0.4, -0.2) is 37.2 Å². The van der Waals surface area contributed by atoms with Gasteiger partial charge in [-0.25, -0.2) is 4.79 Å². The summed E-state index contributed by atoms with van der Waals surface area (Å²) in [4.78, 5) is 23.5. The van der Waals surface area contributed by atoms with Gasteiger partial charge in [0.25, 0.3) is 11.5 Å². The predicted octanol–water partition coefficient (Wildman–Crippen LogP) is 1.07. The fourth-order valence-corrected chi connectivity index (χ4v) is 1.94. The van der Waals surface area contributed by atoms with E-state index < -0.39 is 17.5 Å². The summed E-state index contributed by atoms with van der Waals surface area (Å²) in [5.41, 5.74) is -0.160. The second kappa shape index (κ2) is 6.52. The Morgan fingerprint density at radius 3 is 2.65 bits per heavy atom. The molecule has 1 heterocycles. The number of hydrogen-bond donors (Lipinski definition) is 1. The van der Waals surface area contributed by atoms with Crippen molar-refractivity contribution in [3.05, 3.63) is 35.9 Å². The lowest BCUT2D eigenvalue weighted by atomic mass is 10.1. The summed E-state index contributed by atoms with van der Waals surface area (Å²) in [6, 6.07) is 10.0. The van der Waals surface area contributed by atoms with Crippen LogP contribution in [0.1, 0.15) is 18.9 Å². The Hall–Kier alpha value is -1.88. The molecule has 5 nitrogen and oxygen atoms in total. The average Bonchev–Trinajstić information content (AvgIpc) is 3.26. The second-order valence-electron chi connectivity index (χ2n) is 4.68. The molecule has 1 atom stereocenters. The Balaban J connectivity index is 1.72. The van der Waals surface area contributed by atoms with Crippen molar-refractivity contribution < 1.29 is 19.1 Å². The molecule has 0 spiro atoms. The van der Waals surface area contributed by atoms with Crippen molar-refractivity contribution >= 4 is 11.9 Å². The number of aryl methyl sites for hydroxylation is 1. The summed E-state index contributed by atoms with van der Waals surface area (Å²) in [7, 11) is 0. The van der Waals surface area contributed by atoms with Gasteiger partial charge in [-0.05, 0) is 25.3 Å². The summed E-state index contributed by atoms with van der Waals surface area (Å²) in [5, 5.41) is 2.73. The van der Waals surface area contributed by atoms with Gasteiger partial charge in [-0.3, -0.25) is 4.79 Å². The molecule has 1 aromatic carbocycles. The van der Waals surface area contributed by atoms with E-state index in [1.54, 1.807) is 6.92 Å². The first-order chi connectivity index (χ1) is 9.69. The molecule has 1 aromatic rings. The normalized spacial score (nSPS) is 20.2. The van der Waals surface area contributed by atoms with Crippen molar-refractivity contribution in [1.29, 1.82) is 0 Å². The molecule has 0 aromatic heterocycles. The third kappa shape index (κ3) is 3.36. The van der Waals surface area contributed by atoms with E-state index in [9.17, 15) is 9.59 Å². The molecule has 20 heavy (non-hydrogen) atoms. The van der Waals surface area contributed by atoms with Crippen molar-refractivity contribution in [2.45, 2.75) is 25.4 Å². The maximum Gasteiger partial charge on any atom is 0.350 e. The summed E-state index contributed by atoms with van der Waals surface area (Å²) in [5.74, 6) is -0.996. The predicted molar refractivity (Wildman–Crippen MR) is 73.1 cm³/mol. The molecule has 1 saturated heterocycles. The van der Waals surface area contributed by atoms with E-state index in [4.69, 9.17) is 9.47 Å². The van der Waals surface area contributed by atoms with E-state index in [1.807, 2.05) is 30.3 Å². The van der Waals surface area contributed by atoms with Crippen LogP contribution in [0.15, 0.2) is 30.3 Å². The zero-order valence-corrected chi connectivity index (χ0v) is 11.6. The Labute approximate surface area is 118 Å². The van der Waals surface area contributed by atoms with Crippen LogP contribution in [0.2, 0.25) is 0 Å². The number of nitrogens with one attached hydrogen (secondary N) is 1. The average molecular weight is 277 g/mol. The third-order valence-electron chi connectivity index (χ3n) is 3.18. The van der Waals surface area contributed by atoms with Gasteiger partial charge in [-0.1, -0.05) is 30.3 Å². The molecule has 1 unspecified atom stereocenters. The monoisotopic (exact) mass is 277 g/mol. The van der Waals surface area contributed by atoms with E-state index in [2.05, 4.69) is 5.32 Å². The standard InChI is InChI=1S/C15H19NO4/c1-2-19-14(18)15(11-20-15)13(17)16-10-6-9-12-7-4-3-5-8-12/h3-5,7-8H,2,6,9-11H2,1H3,(H,16,17). The number of hydrogen-bond acceptors (Lipinski definition) is 4. The number of benzene rings is 1. The first-order valence-electron chi connectivity index (χ1n) is 6.82. The zero-order chi connectivity index (χ0) is 14.4. The third-order valence-corrected chi connectivity index (χ3v) is 3.18. The van der Waals surface area contributed by atoms with E-state index in [-0.39, 0.29) is 13.2 Å². The van der Waals surface area contributed by atoms with Crippen LogP contribution in [0.25, 0.3) is 0 Å². The molecular formula is C15H19NO4. The lowest BCUT2D eigenvalue weighted by Gasteiger charge is -2.11. The van der Waals surface area contributed by atoms with Crippen LogP contribution < -0.4 is 5.32 Å². The van der Waals surface area contributed by atoms with E-state index >= 15 is 0 Å². The van der Waals surface area contributed by atoms with Crippen LogP contribution in [0.4, 0.5) is 0 Å². The van der Waals surface area contributed by atoms with Crippen LogP contribution in [0, 0.1) is 0 Å². The molecule has 0 saturated carbocycles. The van der Waals surface area contributed by atoms with Gasteiger partial charge in [0.1, 0.15) is 0 Å². The molecule has 1 aliphatic heterocycles. The first kappa shape index (κ1) is 14.5. The summed E-state index contributed by atoms with van der Waals surface area (Å²) >= 11 is 0. The Bertz CT molecular complexity index is 468. The number of carbonyl (C=O) groups excluding carboxylic acids is 2. The first-order valence-corrected chi connectivity index (χ1v) is 6.82. The Morgan fingerprint density at radius 1 is 1.35 bits per heavy atom. The zero-order valence-electron chi connectivity index (χ0n) is 11.6.